The molecule has 1 fully saturated rings. The molecule has 2 atom stereocenters. The quantitative estimate of drug-likeness (QED) is 0.487. The minimum atomic E-state index is -0.748. The number of halogens is 2. The van der Waals surface area contributed by atoms with Crippen LogP contribution in [0.5, 0.6) is 0 Å². The number of nitrogens with zero attached hydrogens (tertiary/aromatic N) is 1. The predicted octanol–water partition coefficient (Wildman–Crippen LogP) is 2.94. The number of carbonyl (C=O) groups excluding carboxylic acids is 2. The van der Waals surface area contributed by atoms with Gasteiger partial charge < -0.3 is 20.5 Å². The molecule has 9 heteroatoms. The summed E-state index contributed by atoms with van der Waals surface area (Å²) < 4.78 is 32.2. The van der Waals surface area contributed by atoms with Crippen LogP contribution < -0.4 is 15.5 Å². The number of aliphatic hydroxyl groups is 1. The second kappa shape index (κ2) is 11.0. The zero-order valence-corrected chi connectivity index (χ0v) is 17.8. The van der Waals surface area contributed by atoms with Crippen LogP contribution in [0.15, 0.2) is 42.5 Å². The van der Waals surface area contributed by atoms with Gasteiger partial charge in [0.2, 0.25) is 5.91 Å². The van der Waals surface area contributed by atoms with Crippen molar-refractivity contribution in [2.45, 2.75) is 25.6 Å². The molecular weight excluding hydrogens is 420 g/mol. The first kappa shape index (κ1) is 23.6. The molecule has 3 N–H and O–H groups in total. The average Bonchev–Trinajstić information content (AvgIpc) is 3.16. The lowest BCUT2D eigenvalue weighted by atomic mass is 10.0. The number of cyclic esters (lactones) is 1. The summed E-state index contributed by atoms with van der Waals surface area (Å²) in [5.41, 5.74) is 2.03. The van der Waals surface area contributed by atoms with Gasteiger partial charge in [0.05, 0.1) is 31.6 Å². The summed E-state index contributed by atoms with van der Waals surface area (Å²) in [6.45, 7) is 2.17. The van der Waals surface area contributed by atoms with Crippen molar-refractivity contribution < 1.29 is 28.2 Å². The molecule has 0 bridgehead atoms. The van der Waals surface area contributed by atoms with E-state index in [-0.39, 0.29) is 19.0 Å². The normalized spacial score (nSPS) is 16.7. The number of hydrogen-bond donors (Lipinski definition) is 3. The monoisotopic (exact) mass is 447 g/mol. The lowest BCUT2D eigenvalue weighted by Gasteiger charge is -2.15. The van der Waals surface area contributed by atoms with Gasteiger partial charge in [0.25, 0.3) is 0 Å². The van der Waals surface area contributed by atoms with Gasteiger partial charge in [-0.05, 0) is 42.3 Å². The third-order valence-corrected chi connectivity index (χ3v) is 5.15. The molecule has 0 aliphatic carbocycles. The van der Waals surface area contributed by atoms with Crippen LogP contribution >= 0.6 is 0 Å². The van der Waals surface area contributed by atoms with Crippen molar-refractivity contribution >= 4 is 17.7 Å². The average molecular weight is 447 g/mol. The Balaban J connectivity index is 1.65. The van der Waals surface area contributed by atoms with E-state index in [2.05, 4.69) is 10.6 Å². The number of benzene rings is 2. The van der Waals surface area contributed by atoms with Crippen LogP contribution in [-0.2, 0) is 9.53 Å². The molecule has 2 amide bonds. The van der Waals surface area contributed by atoms with Gasteiger partial charge in [-0.2, -0.15) is 0 Å². The first-order valence-electron chi connectivity index (χ1n) is 10.5. The highest BCUT2D eigenvalue weighted by Gasteiger charge is 2.32. The van der Waals surface area contributed by atoms with Crippen molar-refractivity contribution in [2.75, 3.05) is 37.8 Å². The molecule has 172 valence electrons. The van der Waals surface area contributed by atoms with E-state index in [1.165, 1.54) is 17.9 Å². The number of anilines is 1. The summed E-state index contributed by atoms with van der Waals surface area (Å²) in [5.74, 6) is -0.719. The largest absolute Gasteiger partial charge is 0.442 e. The maximum absolute atomic E-state index is 14.8. The fourth-order valence-electron chi connectivity index (χ4n) is 3.44. The lowest BCUT2D eigenvalue weighted by molar-refractivity contribution is -0.119. The molecule has 1 heterocycles. The number of alkyl halides is 1. The molecule has 7 nitrogen and oxygen atoms in total. The highest BCUT2D eigenvalue weighted by atomic mass is 19.1. The summed E-state index contributed by atoms with van der Waals surface area (Å²) in [6.07, 6.45) is -1.44. The molecule has 1 saturated heterocycles. The van der Waals surface area contributed by atoms with E-state index < -0.39 is 30.8 Å². The second-order valence-electron chi connectivity index (χ2n) is 7.60. The van der Waals surface area contributed by atoms with Gasteiger partial charge in [0.1, 0.15) is 11.9 Å². The van der Waals surface area contributed by atoms with E-state index in [0.717, 1.165) is 0 Å². The number of ether oxygens (including phenoxy) is 1. The Morgan fingerprint density at radius 1 is 1.28 bits per heavy atom. The Morgan fingerprint density at radius 2 is 2.03 bits per heavy atom. The Labute approximate surface area is 185 Å². The zero-order valence-electron chi connectivity index (χ0n) is 17.8. The Kier molecular flexibility index (Phi) is 8.13. The topological polar surface area (TPSA) is 90.9 Å². The van der Waals surface area contributed by atoms with Gasteiger partial charge in [0, 0.05) is 19.0 Å². The molecule has 2 aromatic rings. The van der Waals surface area contributed by atoms with Crippen LogP contribution in [0.2, 0.25) is 0 Å². The zero-order chi connectivity index (χ0) is 23.1. The highest BCUT2D eigenvalue weighted by Crippen LogP contribution is 2.29. The summed E-state index contributed by atoms with van der Waals surface area (Å²) in [7, 11) is 0. The molecule has 0 radical (unpaired) electrons. The molecule has 0 aromatic heterocycles. The predicted molar refractivity (Wildman–Crippen MR) is 117 cm³/mol. The molecule has 1 aliphatic rings. The van der Waals surface area contributed by atoms with Crippen LogP contribution in [0.3, 0.4) is 0 Å². The van der Waals surface area contributed by atoms with E-state index >= 15 is 0 Å². The second-order valence-corrected chi connectivity index (χ2v) is 7.60. The van der Waals surface area contributed by atoms with Crippen LogP contribution in [0.1, 0.15) is 25.0 Å². The molecule has 3 rings (SSSR count). The first-order valence-corrected chi connectivity index (χ1v) is 10.5. The van der Waals surface area contributed by atoms with Crippen molar-refractivity contribution in [3.05, 3.63) is 53.8 Å². The Bertz CT molecular complexity index is 939. The molecule has 0 saturated carbocycles. The number of nitrogens with one attached hydrogen (secondary N) is 2. The number of aliphatic hydroxyl groups excluding tert-OH is 1. The van der Waals surface area contributed by atoms with Crippen LogP contribution in [0.25, 0.3) is 11.1 Å². The first-order chi connectivity index (χ1) is 15.4. The number of rotatable bonds is 10. The number of amides is 2. The van der Waals surface area contributed by atoms with Crippen LogP contribution in [-0.4, -0.2) is 56.1 Å². The summed E-state index contributed by atoms with van der Waals surface area (Å²) in [5, 5.41) is 15.8. The molecule has 2 unspecified atom stereocenters. The SMILES string of the molecule is CC(=O)NCC1CN(c2ccc(-c3ccc(C(O)CNCCCF)cc3)c(F)c2)C(=O)O1. The molecule has 0 spiro atoms. The third-order valence-electron chi connectivity index (χ3n) is 5.15. The summed E-state index contributed by atoms with van der Waals surface area (Å²) in [4.78, 5) is 24.5. The van der Waals surface area contributed by atoms with Gasteiger partial charge in [0.15, 0.2) is 0 Å². The van der Waals surface area contributed by atoms with Gasteiger partial charge in [-0.25, -0.2) is 9.18 Å². The maximum Gasteiger partial charge on any atom is 0.414 e. The lowest BCUT2D eigenvalue weighted by Crippen LogP contribution is -2.33. The van der Waals surface area contributed by atoms with E-state index in [1.54, 1.807) is 36.4 Å². The number of carbonyl (C=O) groups is 2. The minimum absolute atomic E-state index is 0.196. The van der Waals surface area contributed by atoms with Gasteiger partial charge in [-0.3, -0.25) is 14.1 Å². The van der Waals surface area contributed by atoms with E-state index in [0.29, 0.717) is 41.9 Å². The molecular formula is C23H27F2N3O4. The van der Waals surface area contributed by atoms with Crippen LogP contribution in [0.4, 0.5) is 19.3 Å². The summed E-state index contributed by atoms with van der Waals surface area (Å²) >= 11 is 0. The molecule has 32 heavy (non-hydrogen) atoms. The van der Waals surface area contributed by atoms with E-state index in [9.17, 15) is 23.5 Å². The summed E-state index contributed by atoms with van der Waals surface area (Å²) in [6, 6.07) is 11.4. The van der Waals surface area contributed by atoms with Crippen molar-refractivity contribution in [1.29, 1.82) is 0 Å². The minimum Gasteiger partial charge on any atom is -0.442 e. The van der Waals surface area contributed by atoms with Crippen LogP contribution in [0, 0.1) is 5.82 Å². The molecule has 2 aromatic carbocycles. The van der Waals surface area contributed by atoms with Crippen molar-refractivity contribution in [3.8, 4) is 11.1 Å². The smallest absolute Gasteiger partial charge is 0.414 e. The van der Waals surface area contributed by atoms with E-state index in [4.69, 9.17) is 4.74 Å². The van der Waals surface area contributed by atoms with E-state index in [1.807, 2.05) is 0 Å². The van der Waals surface area contributed by atoms with Gasteiger partial charge in [-0.15, -0.1) is 0 Å². The van der Waals surface area contributed by atoms with Crippen molar-refractivity contribution in [2.24, 2.45) is 0 Å². The van der Waals surface area contributed by atoms with Gasteiger partial charge >= 0.3 is 6.09 Å². The third kappa shape index (κ3) is 6.02. The Hall–Kier alpha value is -3.04. The highest BCUT2D eigenvalue weighted by molar-refractivity contribution is 5.90. The number of hydrogen-bond acceptors (Lipinski definition) is 5. The molecule has 1 aliphatic heterocycles. The van der Waals surface area contributed by atoms with Gasteiger partial charge in [-0.1, -0.05) is 24.3 Å². The van der Waals surface area contributed by atoms with Crippen molar-refractivity contribution in [1.82, 2.24) is 10.6 Å². The maximum atomic E-state index is 14.8. The standard InChI is InChI=1S/C23H27F2N3O4/c1-15(29)27-12-19-14-28(23(31)32-19)18-7-8-20(21(25)11-18)16-3-5-17(6-4-16)22(30)13-26-10-2-9-24/h3-8,11,19,22,26,30H,2,9-10,12-14H2,1H3,(H,27,29). The Morgan fingerprint density at radius 3 is 2.69 bits per heavy atom. The fraction of sp³-hybridized carbons (Fsp3) is 0.391. The van der Waals surface area contributed by atoms with Crippen molar-refractivity contribution in [3.63, 3.8) is 0 Å². The fourth-order valence-corrected chi connectivity index (χ4v) is 3.44.